The molecule has 3 atom stereocenters. The highest BCUT2D eigenvalue weighted by Gasteiger charge is 2.20. The summed E-state index contributed by atoms with van der Waals surface area (Å²) in [6.07, 6.45) is 29.9. The van der Waals surface area contributed by atoms with Gasteiger partial charge in [0, 0.05) is 45.6 Å². The number of hydrogen-bond donors (Lipinski definition) is 0. The van der Waals surface area contributed by atoms with Crippen molar-refractivity contribution in [3.8, 4) is 0 Å². The Hall–Kier alpha value is -2.37. The number of esters is 3. The fourth-order valence-electron chi connectivity index (χ4n) is 7.61. The predicted molar refractivity (Wildman–Crippen MR) is 236 cm³/mol. The number of likely N-dealkylation sites (N-methyl/N-ethyl adjacent to an activating group) is 1. The highest BCUT2D eigenvalue weighted by Crippen LogP contribution is 2.22. The Bertz CT molecular complexity index is 1080. The molecule has 0 aromatic carbocycles. The number of piperazine rings is 1. The minimum absolute atomic E-state index is 0.00306. The van der Waals surface area contributed by atoms with E-state index in [9.17, 15) is 14.4 Å². The average molecular weight is 801 g/mol. The molecule has 57 heavy (non-hydrogen) atoms. The highest BCUT2D eigenvalue weighted by atomic mass is 16.5. The van der Waals surface area contributed by atoms with Crippen LogP contribution in [0.25, 0.3) is 0 Å². The van der Waals surface area contributed by atoms with E-state index in [1.165, 1.54) is 38.5 Å². The molecular weight excluding hydrogens is 713 g/mol. The van der Waals surface area contributed by atoms with Crippen molar-refractivity contribution in [3.05, 3.63) is 24.1 Å². The summed E-state index contributed by atoms with van der Waals surface area (Å²) < 4.78 is 16.8. The van der Waals surface area contributed by atoms with E-state index in [2.05, 4.69) is 55.7 Å². The van der Waals surface area contributed by atoms with Gasteiger partial charge in [-0.3, -0.25) is 14.4 Å². The summed E-state index contributed by atoms with van der Waals surface area (Å²) >= 11 is 0. The summed E-state index contributed by atoms with van der Waals surface area (Å²) in [5, 5.41) is 0. The summed E-state index contributed by atoms with van der Waals surface area (Å²) in [5.41, 5.74) is 5.65. The summed E-state index contributed by atoms with van der Waals surface area (Å²) in [6, 6.07) is 0. The van der Waals surface area contributed by atoms with Crippen LogP contribution in [0.1, 0.15) is 194 Å². The van der Waals surface area contributed by atoms with Crippen LogP contribution in [0.15, 0.2) is 24.1 Å². The molecule has 0 amide bonds. The van der Waals surface area contributed by atoms with Gasteiger partial charge in [0.05, 0.1) is 25.7 Å². The summed E-state index contributed by atoms with van der Waals surface area (Å²) in [7, 11) is 2.17. The average Bonchev–Trinajstić information content (AvgIpc) is 3.20. The van der Waals surface area contributed by atoms with E-state index in [0.29, 0.717) is 44.5 Å². The van der Waals surface area contributed by atoms with Gasteiger partial charge in [0.15, 0.2) is 0 Å². The van der Waals surface area contributed by atoms with Crippen molar-refractivity contribution in [1.82, 2.24) is 9.80 Å². The number of ether oxygens (including phenoxy) is 3. The van der Waals surface area contributed by atoms with Gasteiger partial charge in [-0.1, -0.05) is 141 Å². The van der Waals surface area contributed by atoms with Crippen LogP contribution in [0.4, 0.5) is 0 Å². The minimum Gasteiger partial charge on any atom is -0.466 e. The molecule has 1 heterocycles. The molecule has 0 aromatic rings. The van der Waals surface area contributed by atoms with Gasteiger partial charge >= 0.3 is 17.9 Å². The van der Waals surface area contributed by atoms with Crippen molar-refractivity contribution < 1.29 is 28.6 Å². The number of rotatable bonds is 38. The smallest absolute Gasteiger partial charge is 0.308 e. The quantitative estimate of drug-likeness (QED) is 0.0264. The molecule has 8 nitrogen and oxygen atoms in total. The zero-order valence-electron chi connectivity index (χ0n) is 37.6. The Morgan fingerprint density at radius 2 is 1.11 bits per heavy atom. The van der Waals surface area contributed by atoms with E-state index in [0.717, 1.165) is 155 Å². The zero-order valence-corrected chi connectivity index (χ0v) is 37.6. The lowest BCUT2D eigenvalue weighted by Crippen LogP contribution is -2.44. The third kappa shape index (κ3) is 32.2. The van der Waals surface area contributed by atoms with Crippen LogP contribution in [0.2, 0.25) is 0 Å². The van der Waals surface area contributed by atoms with Crippen molar-refractivity contribution in [3.63, 3.8) is 0 Å². The lowest BCUT2D eigenvalue weighted by molar-refractivity contribution is -0.149. The van der Waals surface area contributed by atoms with Crippen molar-refractivity contribution in [2.24, 2.45) is 17.8 Å². The van der Waals surface area contributed by atoms with Crippen molar-refractivity contribution >= 4 is 17.9 Å². The highest BCUT2D eigenvalue weighted by molar-refractivity contribution is 5.72. The number of carbonyl (C=O) groups is 3. The molecule has 0 saturated carbocycles. The fraction of sp³-hybridized carbons (Fsp3) is 0.857. The van der Waals surface area contributed by atoms with Gasteiger partial charge in [0.1, 0.15) is 0 Å². The topological polar surface area (TPSA) is 85.4 Å². The Morgan fingerprint density at radius 3 is 1.65 bits per heavy atom. The van der Waals surface area contributed by atoms with E-state index in [4.69, 9.17) is 14.2 Å². The van der Waals surface area contributed by atoms with Crippen LogP contribution < -0.4 is 0 Å². The van der Waals surface area contributed by atoms with Crippen molar-refractivity contribution in [1.29, 1.82) is 0 Å². The van der Waals surface area contributed by atoms with Crippen LogP contribution in [-0.4, -0.2) is 87.3 Å². The number of carbonyl (C=O) groups excluding carboxylic acids is 3. The normalized spacial score (nSPS) is 14.9. The minimum atomic E-state index is -0.0860. The van der Waals surface area contributed by atoms with Gasteiger partial charge in [-0.2, -0.15) is 0 Å². The second kappa shape index (κ2) is 37.9. The molecule has 0 bridgehead atoms. The number of nitrogens with zero attached hydrogens (tertiary/aromatic N) is 2. The molecule has 8 heteroatoms. The SMILES string of the molecule is C=C=C=CC(CCCC)CCOC(=O)CCCCCCCCCC(CCCCCCCCCC(=O)OCCC(C)CCCC)C(=O)OCCCN1CCN(C)CC1. The molecule has 3 unspecified atom stereocenters. The first-order valence-corrected chi connectivity index (χ1v) is 23.8. The van der Waals surface area contributed by atoms with Crippen LogP contribution in [-0.2, 0) is 28.6 Å². The predicted octanol–water partition coefficient (Wildman–Crippen LogP) is 11.8. The Kier molecular flexibility index (Phi) is 35.0. The maximum absolute atomic E-state index is 13.2. The lowest BCUT2D eigenvalue weighted by Gasteiger charge is -2.32. The standard InChI is InChI=1S/C49H88N2O6/c1-6-9-27-44(4)34-42-55-47(52)32-24-20-16-12-14-18-22-30-46(49(54)57-41-26-36-51-39-37-50(5)38-40-51)31-23-19-15-13-17-21-25-33-48(53)56-43-35-45(28-10-7-2)29-11-8-3/h28,44-46H,2,6,8-9,11-27,29-43H2,1,3-5H3. The summed E-state index contributed by atoms with van der Waals surface area (Å²) in [6.45, 7) is 17.2. The second-order valence-corrected chi connectivity index (χ2v) is 17.0. The summed E-state index contributed by atoms with van der Waals surface area (Å²) in [5.74, 6) is 0.860. The van der Waals surface area contributed by atoms with Gasteiger partial charge in [0.25, 0.3) is 0 Å². The van der Waals surface area contributed by atoms with Gasteiger partial charge in [-0.25, -0.2) is 0 Å². The molecule has 0 N–H and O–H groups in total. The molecule has 0 aromatic heterocycles. The lowest BCUT2D eigenvalue weighted by atomic mass is 9.94. The molecule has 0 aliphatic carbocycles. The molecule has 1 saturated heterocycles. The first-order chi connectivity index (χ1) is 27.8. The molecule has 1 aliphatic heterocycles. The first-order valence-electron chi connectivity index (χ1n) is 23.8. The van der Waals surface area contributed by atoms with E-state index in [-0.39, 0.29) is 23.8 Å². The Morgan fingerprint density at radius 1 is 0.596 bits per heavy atom. The molecule has 0 spiro atoms. The zero-order chi connectivity index (χ0) is 41.6. The van der Waals surface area contributed by atoms with Crippen LogP contribution >= 0.6 is 0 Å². The fourth-order valence-corrected chi connectivity index (χ4v) is 7.61. The van der Waals surface area contributed by atoms with E-state index < -0.39 is 0 Å². The van der Waals surface area contributed by atoms with Crippen molar-refractivity contribution in [2.45, 2.75) is 194 Å². The van der Waals surface area contributed by atoms with Crippen LogP contribution in [0, 0.1) is 17.8 Å². The molecule has 1 aliphatic rings. The number of hydrogen-bond acceptors (Lipinski definition) is 8. The summed E-state index contributed by atoms with van der Waals surface area (Å²) in [4.78, 5) is 42.4. The van der Waals surface area contributed by atoms with Gasteiger partial charge in [-0.15, -0.1) is 0 Å². The molecular formula is C49H88N2O6. The largest absolute Gasteiger partial charge is 0.466 e. The maximum Gasteiger partial charge on any atom is 0.308 e. The molecule has 330 valence electrons. The van der Waals surface area contributed by atoms with Crippen LogP contribution in [0.3, 0.4) is 0 Å². The van der Waals surface area contributed by atoms with Gasteiger partial charge in [-0.05, 0) is 82.9 Å². The number of allylic oxidation sites excluding steroid dienone is 1. The monoisotopic (exact) mass is 801 g/mol. The maximum atomic E-state index is 13.2. The number of unbranched alkanes of at least 4 members (excludes halogenated alkanes) is 14. The van der Waals surface area contributed by atoms with Gasteiger partial charge < -0.3 is 24.0 Å². The molecule has 1 rings (SSSR count). The molecule has 0 radical (unpaired) electrons. The first kappa shape index (κ1) is 52.6. The third-order valence-electron chi connectivity index (χ3n) is 11.7. The Labute approximate surface area is 351 Å². The van der Waals surface area contributed by atoms with E-state index in [1.54, 1.807) is 0 Å². The van der Waals surface area contributed by atoms with E-state index in [1.807, 2.05) is 6.08 Å². The van der Waals surface area contributed by atoms with E-state index >= 15 is 0 Å². The van der Waals surface area contributed by atoms with Crippen LogP contribution in [0.5, 0.6) is 0 Å². The Balaban J connectivity index is 2.25. The van der Waals surface area contributed by atoms with Gasteiger partial charge in [0.2, 0.25) is 0 Å². The van der Waals surface area contributed by atoms with Crippen molar-refractivity contribution in [2.75, 3.05) is 59.6 Å². The second-order valence-electron chi connectivity index (χ2n) is 17.0. The molecule has 1 fully saturated rings. The third-order valence-corrected chi connectivity index (χ3v) is 11.7.